The molecule has 0 spiro atoms. The minimum absolute atomic E-state index is 0.0706. The number of nitrogens with two attached hydrogens (primary N) is 1. The third kappa shape index (κ3) is 4.69. The van der Waals surface area contributed by atoms with Crippen LogP contribution in [0.25, 0.3) is 10.4 Å². The summed E-state index contributed by atoms with van der Waals surface area (Å²) in [5, 5.41) is 2.04. The molecular formula is C25H25FN2O2S. The fourth-order valence-electron chi connectivity index (χ4n) is 4.29. The lowest BCUT2D eigenvalue weighted by molar-refractivity contribution is -0.132. The molecule has 2 aromatic carbocycles. The van der Waals surface area contributed by atoms with E-state index in [0.717, 1.165) is 11.1 Å². The number of rotatable bonds is 7. The number of primary amides is 1. The number of hydrogen-bond donors (Lipinski definition) is 1. The number of thiophene rings is 1. The molecule has 2 N–H and O–H groups in total. The van der Waals surface area contributed by atoms with Crippen molar-refractivity contribution in [3.63, 3.8) is 0 Å². The second-order valence-corrected chi connectivity index (χ2v) is 9.10. The van der Waals surface area contributed by atoms with E-state index >= 15 is 0 Å². The van der Waals surface area contributed by atoms with E-state index in [1.807, 2.05) is 23.6 Å². The molecule has 6 heteroatoms. The lowest BCUT2D eigenvalue weighted by Gasteiger charge is -2.26. The molecule has 1 atom stereocenters. The summed E-state index contributed by atoms with van der Waals surface area (Å²) in [5.74, 6) is -0.744. The first-order valence-corrected chi connectivity index (χ1v) is 11.3. The number of halogens is 1. The van der Waals surface area contributed by atoms with Gasteiger partial charge in [0.15, 0.2) is 0 Å². The SMILES string of the molecule is NC(=O)[C@@]1(Cc2cccc(-c3cccs3)c2)CCN(C(=O)CCc2ccccc2F)C1. The number of amides is 2. The molecule has 0 saturated carbocycles. The van der Waals surface area contributed by atoms with E-state index in [1.165, 1.54) is 10.9 Å². The number of benzene rings is 2. The molecule has 0 bridgehead atoms. The predicted octanol–water partition coefficient (Wildman–Crippen LogP) is 4.43. The molecule has 4 nitrogen and oxygen atoms in total. The molecule has 0 radical (unpaired) electrons. The summed E-state index contributed by atoms with van der Waals surface area (Å²) in [4.78, 5) is 28.1. The smallest absolute Gasteiger partial charge is 0.225 e. The Morgan fingerprint density at radius 2 is 1.94 bits per heavy atom. The molecule has 1 aliphatic heterocycles. The second kappa shape index (κ2) is 9.02. The first-order chi connectivity index (χ1) is 15.0. The molecule has 2 amide bonds. The van der Waals surface area contributed by atoms with Crippen molar-refractivity contribution < 1.29 is 14.0 Å². The Morgan fingerprint density at radius 1 is 1.10 bits per heavy atom. The van der Waals surface area contributed by atoms with Gasteiger partial charge in [0.1, 0.15) is 5.82 Å². The van der Waals surface area contributed by atoms with Crippen molar-refractivity contribution in [3.05, 3.63) is 83.0 Å². The molecule has 160 valence electrons. The first-order valence-electron chi connectivity index (χ1n) is 10.4. The van der Waals surface area contributed by atoms with E-state index < -0.39 is 5.41 Å². The van der Waals surface area contributed by atoms with E-state index in [4.69, 9.17) is 5.73 Å². The van der Waals surface area contributed by atoms with Crippen LogP contribution in [-0.2, 0) is 22.4 Å². The average Bonchev–Trinajstić information content (AvgIpc) is 3.44. The first kappa shape index (κ1) is 21.2. The lowest BCUT2D eigenvalue weighted by Crippen LogP contribution is -2.42. The summed E-state index contributed by atoms with van der Waals surface area (Å²) >= 11 is 1.67. The molecule has 1 aromatic heterocycles. The van der Waals surface area contributed by atoms with Gasteiger partial charge >= 0.3 is 0 Å². The molecule has 3 aromatic rings. The van der Waals surface area contributed by atoms with Crippen LogP contribution in [0.5, 0.6) is 0 Å². The van der Waals surface area contributed by atoms with Crippen LogP contribution in [0.2, 0.25) is 0 Å². The average molecular weight is 437 g/mol. The highest BCUT2D eigenvalue weighted by atomic mass is 32.1. The maximum Gasteiger partial charge on any atom is 0.225 e. The Kier molecular flexibility index (Phi) is 6.18. The minimum Gasteiger partial charge on any atom is -0.369 e. The highest BCUT2D eigenvalue weighted by Crippen LogP contribution is 2.36. The zero-order chi connectivity index (χ0) is 21.8. The van der Waals surface area contributed by atoms with Gasteiger partial charge in [-0.2, -0.15) is 0 Å². The van der Waals surface area contributed by atoms with Crippen LogP contribution >= 0.6 is 11.3 Å². The van der Waals surface area contributed by atoms with Crippen LogP contribution < -0.4 is 5.73 Å². The maximum absolute atomic E-state index is 13.8. The Hall–Kier alpha value is -2.99. The molecule has 2 heterocycles. The van der Waals surface area contributed by atoms with Gasteiger partial charge in [-0.3, -0.25) is 9.59 Å². The highest BCUT2D eigenvalue weighted by Gasteiger charge is 2.44. The molecule has 0 aliphatic carbocycles. The topological polar surface area (TPSA) is 63.4 Å². The molecule has 1 fully saturated rings. The molecule has 1 saturated heterocycles. The van der Waals surface area contributed by atoms with Crippen LogP contribution in [0.15, 0.2) is 66.0 Å². The summed E-state index contributed by atoms with van der Waals surface area (Å²) in [6, 6.07) is 18.7. The summed E-state index contributed by atoms with van der Waals surface area (Å²) in [7, 11) is 0. The fraction of sp³-hybridized carbons (Fsp3) is 0.280. The number of likely N-dealkylation sites (tertiary alicyclic amines) is 1. The Balaban J connectivity index is 1.44. The van der Waals surface area contributed by atoms with Gasteiger partial charge in [-0.15, -0.1) is 11.3 Å². The normalized spacial score (nSPS) is 18.3. The van der Waals surface area contributed by atoms with Crippen molar-refractivity contribution in [1.29, 1.82) is 0 Å². The fourth-order valence-corrected chi connectivity index (χ4v) is 5.01. The zero-order valence-corrected chi connectivity index (χ0v) is 18.0. The van der Waals surface area contributed by atoms with E-state index in [1.54, 1.807) is 34.4 Å². The van der Waals surface area contributed by atoms with Crippen molar-refractivity contribution >= 4 is 23.2 Å². The molecular weight excluding hydrogens is 411 g/mol. The predicted molar refractivity (Wildman–Crippen MR) is 121 cm³/mol. The van der Waals surface area contributed by atoms with Gasteiger partial charge in [0.05, 0.1) is 5.41 Å². The van der Waals surface area contributed by atoms with Crippen molar-refractivity contribution in [1.82, 2.24) is 4.90 Å². The zero-order valence-electron chi connectivity index (χ0n) is 17.2. The van der Waals surface area contributed by atoms with Crippen LogP contribution in [0.3, 0.4) is 0 Å². The third-order valence-corrected chi connectivity index (χ3v) is 6.99. The number of nitrogens with zero attached hydrogens (tertiary/aromatic N) is 1. The standard InChI is InChI=1S/C25H25FN2O2S/c26-21-8-2-1-6-19(21)10-11-23(29)28-13-12-25(17-28,24(27)30)16-18-5-3-7-20(15-18)22-9-4-14-31-22/h1-9,14-15H,10-13,16-17H2,(H2,27,30)/t25-/m1/s1. The molecule has 1 aliphatic rings. The van der Waals surface area contributed by atoms with Gasteiger partial charge in [0.25, 0.3) is 0 Å². The van der Waals surface area contributed by atoms with Gasteiger partial charge in [0, 0.05) is 24.4 Å². The summed E-state index contributed by atoms with van der Waals surface area (Å²) in [5.41, 5.74) is 7.74. The summed E-state index contributed by atoms with van der Waals surface area (Å²) < 4.78 is 13.8. The van der Waals surface area contributed by atoms with Crippen LogP contribution in [0, 0.1) is 11.2 Å². The monoisotopic (exact) mass is 436 g/mol. The van der Waals surface area contributed by atoms with Gasteiger partial charge in [-0.1, -0.05) is 48.5 Å². The number of hydrogen-bond acceptors (Lipinski definition) is 3. The minimum atomic E-state index is -0.776. The van der Waals surface area contributed by atoms with Crippen LogP contribution in [-0.4, -0.2) is 29.8 Å². The quantitative estimate of drug-likeness (QED) is 0.595. The largest absolute Gasteiger partial charge is 0.369 e. The van der Waals surface area contributed by atoms with Crippen LogP contribution in [0.1, 0.15) is 24.0 Å². The van der Waals surface area contributed by atoms with Gasteiger partial charge < -0.3 is 10.6 Å². The summed E-state index contributed by atoms with van der Waals surface area (Å²) in [6.07, 6.45) is 1.59. The number of carbonyl (C=O) groups is 2. The van der Waals surface area contributed by atoms with Crippen molar-refractivity contribution in [2.75, 3.05) is 13.1 Å². The van der Waals surface area contributed by atoms with Crippen molar-refractivity contribution in [2.45, 2.75) is 25.7 Å². The third-order valence-electron chi connectivity index (χ3n) is 6.07. The maximum atomic E-state index is 13.8. The van der Waals surface area contributed by atoms with Gasteiger partial charge in [0.2, 0.25) is 11.8 Å². The van der Waals surface area contributed by atoms with E-state index in [0.29, 0.717) is 37.9 Å². The Bertz CT molecular complexity index is 1080. The molecule has 0 unspecified atom stereocenters. The van der Waals surface area contributed by atoms with E-state index in [9.17, 15) is 14.0 Å². The van der Waals surface area contributed by atoms with Crippen molar-refractivity contribution in [2.24, 2.45) is 11.1 Å². The Labute approximate surface area is 185 Å². The number of carbonyl (C=O) groups excluding carboxylic acids is 2. The summed E-state index contributed by atoms with van der Waals surface area (Å²) in [6.45, 7) is 0.797. The second-order valence-electron chi connectivity index (χ2n) is 8.16. The van der Waals surface area contributed by atoms with E-state index in [2.05, 4.69) is 18.2 Å². The molecule has 4 rings (SSSR count). The lowest BCUT2D eigenvalue weighted by atomic mass is 9.80. The van der Waals surface area contributed by atoms with Gasteiger partial charge in [-0.25, -0.2) is 4.39 Å². The van der Waals surface area contributed by atoms with Crippen LogP contribution in [0.4, 0.5) is 4.39 Å². The molecule has 31 heavy (non-hydrogen) atoms. The number of aryl methyl sites for hydroxylation is 1. The van der Waals surface area contributed by atoms with E-state index in [-0.39, 0.29) is 24.1 Å². The van der Waals surface area contributed by atoms with Crippen molar-refractivity contribution in [3.8, 4) is 10.4 Å². The van der Waals surface area contributed by atoms with Gasteiger partial charge in [-0.05, 0) is 53.5 Å². The highest BCUT2D eigenvalue weighted by molar-refractivity contribution is 7.13. The Morgan fingerprint density at radius 3 is 2.68 bits per heavy atom.